The van der Waals surface area contributed by atoms with E-state index < -0.39 is 23.8 Å². The second-order valence-corrected chi connectivity index (χ2v) is 5.81. The molecule has 0 bridgehead atoms. The van der Waals surface area contributed by atoms with Gasteiger partial charge in [0.1, 0.15) is 11.7 Å². The van der Waals surface area contributed by atoms with Crippen LogP contribution >= 0.6 is 11.6 Å². The molecule has 0 aliphatic carbocycles. The smallest absolute Gasteiger partial charge is 0.407 e. The molecule has 0 aromatic heterocycles. The largest absolute Gasteiger partial charge is 0.444 e. The van der Waals surface area contributed by atoms with E-state index in [4.69, 9.17) is 16.3 Å². The number of aliphatic hydroxyl groups is 1. The van der Waals surface area contributed by atoms with Crippen molar-refractivity contribution in [1.29, 1.82) is 0 Å². The Morgan fingerprint density at radius 3 is 2.47 bits per heavy atom. The van der Waals surface area contributed by atoms with Crippen LogP contribution in [0.15, 0.2) is 24.3 Å². The third kappa shape index (κ3) is 5.09. The lowest BCUT2D eigenvalue weighted by atomic mass is 10.0. The Bertz CT molecular complexity index is 443. The number of rotatable bonds is 3. The van der Waals surface area contributed by atoms with Gasteiger partial charge in [0.05, 0.1) is 6.04 Å². The summed E-state index contributed by atoms with van der Waals surface area (Å²) >= 11 is 6.00. The van der Waals surface area contributed by atoms with Crippen LogP contribution in [0.5, 0.6) is 0 Å². The second kappa shape index (κ2) is 6.26. The lowest BCUT2D eigenvalue weighted by molar-refractivity contribution is 0.0436. The topological polar surface area (TPSA) is 58.6 Å². The number of carbonyl (C=O) groups is 1. The lowest BCUT2D eigenvalue weighted by Gasteiger charge is -2.24. The lowest BCUT2D eigenvalue weighted by Crippen LogP contribution is -2.40. The minimum atomic E-state index is -0.888. The van der Waals surface area contributed by atoms with Gasteiger partial charge in [0.15, 0.2) is 0 Å². The Kier molecular flexibility index (Phi) is 5.20. The maximum absolute atomic E-state index is 11.6. The fourth-order valence-corrected chi connectivity index (χ4v) is 1.80. The van der Waals surface area contributed by atoms with Crippen molar-refractivity contribution in [3.05, 3.63) is 34.9 Å². The third-order valence-corrected chi connectivity index (χ3v) is 2.79. The van der Waals surface area contributed by atoms with Gasteiger partial charge in [-0.1, -0.05) is 29.8 Å². The van der Waals surface area contributed by atoms with Gasteiger partial charge in [-0.15, -0.1) is 0 Å². The van der Waals surface area contributed by atoms with Crippen molar-refractivity contribution in [3.8, 4) is 0 Å². The van der Waals surface area contributed by atoms with Gasteiger partial charge in [-0.05, 0) is 33.8 Å². The second-order valence-electron chi connectivity index (χ2n) is 5.40. The molecule has 1 aromatic rings. The molecule has 2 N–H and O–H groups in total. The van der Waals surface area contributed by atoms with Crippen LogP contribution in [0.4, 0.5) is 4.79 Å². The van der Waals surface area contributed by atoms with E-state index in [1.165, 1.54) is 0 Å². The van der Waals surface area contributed by atoms with E-state index in [0.29, 0.717) is 10.6 Å². The number of benzene rings is 1. The fourth-order valence-electron chi connectivity index (χ4n) is 1.56. The molecule has 0 radical (unpaired) electrons. The van der Waals surface area contributed by atoms with Crippen LogP contribution in [0.3, 0.4) is 0 Å². The van der Waals surface area contributed by atoms with E-state index in [1.54, 1.807) is 52.0 Å². The Morgan fingerprint density at radius 1 is 1.37 bits per heavy atom. The monoisotopic (exact) mass is 285 g/mol. The van der Waals surface area contributed by atoms with E-state index in [2.05, 4.69) is 5.32 Å². The molecular formula is C14H20ClNO3. The third-order valence-electron chi connectivity index (χ3n) is 2.44. The van der Waals surface area contributed by atoms with Gasteiger partial charge < -0.3 is 15.2 Å². The van der Waals surface area contributed by atoms with Crippen LogP contribution in [-0.4, -0.2) is 22.8 Å². The highest BCUT2D eigenvalue weighted by Crippen LogP contribution is 2.24. The molecule has 2 unspecified atom stereocenters. The highest BCUT2D eigenvalue weighted by molar-refractivity contribution is 6.31. The summed E-state index contributed by atoms with van der Waals surface area (Å²) < 4.78 is 5.13. The minimum Gasteiger partial charge on any atom is -0.444 e. The van der Waals surface area contributed by atoms with Crippen molar-refractivity contribution in [3.63, 3.8) is 0 Å². The predicted octanol–water partition coefficient (Wildman–Crippen LogP) is 3.29. The summed E-state index contributed by atoms with van der Waals surface area (Å²) in [5.74, 6) is 0. The van der Waals surface area contributed by atoms with Crippen molar-refractivity contribution in [2.45, 2.75) is 45.4 Å². The van der Waals surface area contributed by atoms with Crippen LogP contribution in [0.25, 0.3) is 0 Å². The van der Waals surface area contributed by atoms with Gasteiger partial charge in [0.25, 0.3) is 0 Å². The number of ether oxygens (including phenoxy) is 1. The van der Waals surface area contributed by atoms with Crippen LogP contribution in [-0.2, 0) is 4.74 Å². The molecule has 0 saturated heterocycles. The minimum absolute atomic E-state index is 0.466. The molecule has 0 heterocycles. The zero-order valence-electron chi connectivity index (χ0n) is 11.6. The van der Waals surface area contributed by atoms with E-state index in [9.17, 15) is 9.90 Å². The number of nitrogens with one attached hydrogen (secondary N) is 1. The molecule has 2 atom stereocenters. The molecule has 1 amide bonds. The standard InChI is InChI=1S/C14H20ClNO3/c1-9(16-13(18)19-14(2,3)4)12(17)10-7-5-6-8-11(10)15/h5-9,12,17H,1-4H3,(H,16,18). The first-order valence-electron chi connectivity index (χ1n) is 6.12. The van der Waals surface area contributed by atoms with E-state index in [-0.39, 0.29) is 0 Å². The summed E-state index contributed by atoms with van der Waals surface area (Å²) in [6.45, 7) is 7.03. The van der Waals surface area contributed by atoms with Crippen LogP contribution < -0.4 is 5.32 Å². The van der Waals surface area contributed by atoms with Gasteiger partial charge >= 0.3 is 6.09 Å². The molecule has 0 spiro atoms. The molecule has 5 heteroatoms. The van der Waals surface area contributed by atoms with Gasteiger partial charge in [0.2, 0.25) is 0 Å². The van der Waals surface area contributed by atoms with Crippen LogP contribution in [0.1, 0.15) is 39.4 Å². The molecule has 19 heavy (non-hydrogen) atoms. The van der Waals surface area contributed by atoms with Crippen molar-refractivity contribution in [2.75, 3.05) is 0 Å². The fraction of sp³-hybridized carbons (Fsp3) is 0.500. The van der Waals surface area contributed by atoms with Crippen molar-refractivity contribution in [2.24, 2.45) is 0 Å². The Labute approximate surface area is 118 Å². The number of halogens is 1. The SMILES string of the molecule is CC(NC(=O)OC(C)(C)C)C(O)c1ccccc1Cl. The Hall–Kier alpha value is -1.26. The number of carbonyl (C=O) groups excluding carboxylic acids is 1. The number of hydrogen-bond acceptors (Lipinski definition) is 3. The first-order chi connectivity index (χ1) is 8.70. The zero-order chi connectivity index (χ0) is 14.6. The van der Waals surface area contributed by atoms with Gasteiger partial charge in [-0.25, -0.2) is 4.79 Å². The highest BCUT2D eigenvalue weighted by Gasteiger charge is 2.23. The maximum atomic E-state index is 11.6. The number of hydrogen-bond donors (Lipinski definition) is 2. The first kappa shape index (κ1) is 15.8. The first-order valence-corrected chi connectivity index (χ1v) is 6.50. The molecular weight excluding hydrogens is 266 g/mol. The van der Waals surface area contributed by atoms with Crippen molar-refractivity contribution in [1.82, 2.24) is 5.32 Å². The van der Waals surface area contributed by atoms with E-state index in [1.807, 2.05) is 0 Å². The van der Waals surface area contributed by atoms with E-state index >= 15 is 0 Å². The molecule has 106 valence electrons. The number of amides is 1. The van der Waals surface area contributed by atoms with Crippen LogP contribution in [0, 0.1) is 0 Å². The number of alkyl carbamates (subject to hydrolysis) is 1. The molecule has 0 aliphatic rings. The molecule has 0 aliphatic heterocycles. The molecule has 0 saturated carbocycles. The average molecular weight is 286 g/mol. The molecule has 1 rings (SSSR count). The quantitative estimate of drug-likeness (QED) is 0.896. The summed E-state index contributed by atoms with van der Waals surface area (Å²) in [5, 5.41) is 13.2. The molecule has 0 fully saturated rings. The zero-order valence-corrected chi connectivity index (χ0v) is 12.4. The number of aliphatic hydroxyl groups excluding tert-OH is 1. The van der Waals surface area contributed by atoms with Gasteiger partial charge in [0, 0.05) is 10.6 Å². The highest BCUT2D eigenvalue weighted by atomic mass is 35.5. The predicted molar refractivity (Wildman–Crippen MR) is 75.2 cm³/mol. The molecule has 1 aromatic carbocycles. The van der Waals surface area contributed by atoms with Crippen LogP contribution in [0.2, 0.25) is 5.02 Å². The maximum Gasteiger partial charge on any atom is 0.407 e. The van der Waals surface area contributed by atoms with Crippen molar-refractivity contribution < 1.29 is 14.6 Å². The summed E-state index contributed by atoms with van der Waals surface area (Å²) in [5.41, 5.74) is 0.00631. The Morgan fingerprint density at radius 2 is 1.95 bits per heavy atom. The van der Waals surface area contributed by atoms with E-state index in [0.717, 1.165) is 0 Å². The normalized spacial score (nSPS) is 14.6. The Balaban J connectivity index is 2.66. The van der Waals surface area contributed by atoms with Gasteiger partial charge in [-0.2, -0.15) is 0 Å². The summed E-state index contributed by atoms with van der Waals surface area (Å²) in [7, 11) is 0. The average Bonchev–Trinajstić information content (AvgIpc) is 2.26. The summed E-state index contributed by atoms with van der Waals surface area (Å²) in [6.07, 6.45) is -1.45. The van der Waals surface area contributed by atoms with Gasteiger partial charge in [-0.3, -0.25) is 0 Å². The van der Waals surface area contributed by atoms with Crippen molar-refractivity contribution >= 4 is 17.7 Å². The summed E-state index contributed by atoms with van der Waals surface area (Å²) in [6, 6.07) is 6.48. The summed E-state index contributed by atoms with van der Waals surface area (Å²) in [4.78, 5) is 11.6. The molecule has 4 nitrogen and oxygen atoms in total.